The zero-order valence-electron chi connectivity index (χ0n) is 11.6. The summed E-state index contributed by atoms with van der Waals surface area (Å²) >= 11 is 0. The lowest BCUT2D eigenvalue weighted by Crippen LogP contribution is -2.27. The van der Waals surface area contributed by atoms with Crippen molar-refractivity contribution in [3.8, 4) is 0 Å². The second-order valence-electron chi connectivity index (χ2n) is 5.73. The van der Waals surface area contributed by atoms with Crippen molar-refractivity contribution in [2.75, 3.05) is 5.32 Å². The molecule has 0 saturated heterocycles. The molecule has 0 spiro atoms. The summed E-state index contributed by atoms with van der Waals surface area (Å²) in [6, 6.07) is 7.14. The van der Waals surface area contributed by atoms with Crippen LogP contribution in [0, 0.1) is 0 Å². The second-order valence-corrected chi connectivity index (χ2v) is 5.73. The largest absolute Gasteiger partial charge is 0.326 e. The quantitative estimate of drug-likeness (QED) is 0.902. The first-order chi connectivity index (χ1) is 9.26. The van der Waals surface area contributed by atoms with Gasteiger partial charge in [0.15, 0.2) is 0 Å². The van der Waals surface area contributed by atoms with Crippen molar-refractivity contribution in [3.63, 3.8) is 0 Å². The highest BCUT2D eigenvalue weighted by atomic mass is 16.1. The molecule has 1 amide bonds. The molecule has 1 heterocycles. The van der Waals surface area contributed by atoms with Crippen LogP contribution in [0.3, 0.4) is 0 Å². The van der Waals surface area contributed by atoms with E-state index in [1.807, 2.05) is 13.0 Å². The number of nitrogens with zero attached hydrogens (tertiary/aromatic N) is 1. The summed E-state index contributed by atoms with van der Waals surface area (Å²) in [6.07, 6.45) is 6.01. The summed E-state index contributed by atoms with van der Waals surface area (Å²) in [5.74, 6) is 0.0885. The monoisotopic (exact) mass is 258 g/mol. The fraction of sp³-hybridized carbons (Fsp3) is 0.562. The number of carbonyl (C=O) groups excluding carboxylic acids is 1. The highest BCUT2D eigenvalue weighted by Crippen LogP contribution is 2.32. The van der Waals surface area contributed by atoms with Crippen LogP contribution in [-0.4, -0.2) is 16.8 Å². The molecule has 1 aliphatic heterocycles. The van der Waals surface area contributed by atoms with Crippen LogP contribution >= 0.6 is 0 Å². The molecule has 3 heteroatoms. The Morgan fingerprint density at radius 1 is 1.26 bits per heavy atom. The van der Waals surface area contributed by atoms with Gasteiger partial charge in [-0.3, -0.25) is 9.69 Å². The topological polar surface area (TPSA) is 32.3 Å². The van der Waals surface area contributed by atoms with E-state index in [4.69, 9.17) is 0 Å². The summed E-state index contributed by atoms with van der Waals surface area (Å²) < 4.78 is 0. The van der Waals surface area contributed by atoms with Crippen molar-refractivity contribution in [1.29, 1.82) is 0 Å². The lowest BCUT2D eigenvalue weighted by Gasteiger charge is -2.22. The molecule has 1 aromatic rings. The van der Waals surface area contributed by atoms with Gasteiger partial charge in [0.1, 0.15) is 0 Å². The van der Waals surface area contributed by atoms with E-state index >= 15 is 0 Å². The van der Waals surface area contributed by atoms with Crippen LogP contribution in [0.1, 0.15) is 50.2 Å². The second kappa shape index (κ2) is 5.33. The van der Waals surface area contributed by atoms with Crippen LogP contribution in [-0.2, 0) is 17.9 Å². The molecule has 3 rings (SSSR count). The highest BCUT2D eigenvalue weighted by molar-refractivity contribution is 5.90. The van der Waals surface area contributed by atoms with Gasteiger partial charge in [-0.25, -0.2) is 0 Å². The minimum atomic E-state index is 0.0885. The molecule has 1 saturated carbocycles. The van der Waals surface area contributed by atoms with E-state index in [2.05, 4.69) is 22.3 Å². The van der Waals surface area contributed by atoms with Crippen molar-refractivity contribution in [1.82, 2.24) is 4.90 Å². The minimum Gasteiger partial charge on any atom is -0.326 e. The lowest BCUT2D eigenvalue weighted by atomic mass is 10.1. The van der Waals surface area contributed by atoms with E-state index in [9.17, 15) is 4.79 Å². The number of amides is 1. The molecule has 0 atom stereocenters. The third-order valence-electron chi connectivity index (χ3n) is 4.40. The fourth-order valence-electron chi connectivity index (χ4n) is 3.28. The van der Waals surface area contributed by atoms with Crippen molar-refractivity contribution < 1.29 is 4.79 Å². The average molecular weight is 258 g/mol. The van der Waals surface area contributed by atoms with Crippen molar-refractivity contribution >= 4 is 11.6 Å². The molecule has 0 aromatic heterocycles. The molecule has 1 fully saturated rings. The summed E-state index contributed by atoms with van der Waals surface area (Å²) in [5.41, 5.74) is 3.76. The molecule has 19 heavy (non-hydrogen) atoms. The molecule has 3 nitrogen and oxygen atoms in total. The smallest absolute Gasteiger partial charge is 0.224 e. The maximum atomic E-state index is 11.4. The van der Waals surface area contributed by atoms with Gasteiger partial charge in [-0.15, -0.1) is 0 Å². The molecular weight excluding hydrogens is 236 g/mol. The molecule has 1 N–H and O–H groups in total. The number of nitrogens with one attached hydrogen (secondary N) is 1. The van der Waals surface area contributed by atoms with Gasteiger partial charge >= 0.3 is 0 Å². The number of benzene rings is 1. The van der Waals surface area contributed by atoms with Crippen LogP contribution < -0.4 is 5.32 Å². The number of hydrogen-bond acceptors (Lipinski definition) is 2. The average Bonchev–Trinajstić information content (AvgIpc) is 3.06. The first kappa shape index (κ1) is 12.7. The Balaban J connectivity index is 1.70. The minimum absolute atomic E-state index is 0.0885. The van der Waals surface area contributed by atoms with Crippen LogP contribution in [0.5, 0.6) is 0 Å². The van der Waals surface area contributed by atoms with Crippen LogP contribution in [0.2, 0.25) is 0 Å². The highest BCUT2D eigenvalue weighted by Gasteiger charge is 2.27. The molecule has 102 valence electrons. The molecule has 2 aliphatic rings. The van der Waals surface area contributed by atoms with Gasteiger partial charge in [0.05, 0.1) is 0 Å². The maximum absolute atomic E-state index is 11.4. The zero-order chi connectivity index (χ0) is 13.2. The van der Waals surface area contributed by atoms with Gasteiger partial charge in [0, 0.05) is 31.2 Å². The van der Waals surface area contributed by atoms with Gasteiger partial charge in [-0.05, 0) is 36.1 Å². The number of fused-ring (bicyclic) bond motifs is 1. The molecule has 0 radical (unpaired) electrons. The van der Waals surface area contributed by atoms with Crippen molar-refractivity contribution in [2.45, 2.75) is 58.2 Å². The first-order valence-corrected chi connectivity index (χ1v) is 7.42. The predicted octanol–water partition coefficient (Wildman–Crippen LogP) is 3.29. The molecule has 1 aliphatic carbocycles. The van der Waals surface area contributed by atoms with Crippen molar-refractivity contribution in [3.05, 3.63) is 29.3 Å². The SMILES string of the molecule is CCC(=O)Nc1ccc2c(c1)CN(C1CCCC1)C2. The Morgan fingerprint density at radius 2 is 2.00 bits per heavy atom. The number of carbonyl (C=O) groups is 1. The normalized spacial score (nSPS) is 19.6. The fourth-order valence-corrected chi connectivity index (χ4v) is 3.28. The van der Waals surface area contributed by atoms with Gasteiger partial charge in [-0.2, -0.15) is 0 Å². The third kappa shape index (κ3) is 2.66. The molecule has 0 bridgehead atoms. The first-order valence-electron chi connectivity index (χ1n) is 7.42. The number of hydrogen-bond donors (Lipinski definition) is 1. The van der Waals surface area contributed by atoms with Gasteiger partial charge in [0.25, 0.3) is 0 Å². The van der Waals surface area contributed by atoms with E-state index in [0.29, 0.717) is 6.42 Å². The zero-order valence-corrected chi connectivity index (χ0v) is 11.6. The Bertz CT molecular complexity index is 478. The van der Waals surface area contributed by atoms with E-state index in [-0.39, 0.29) is 5.91 Å². The predicted molar refractivity (Wildman–Crippen MR) is 76.9 cm³/mol. The number of rotatable bonds is 3. The van der Waals surface area contributed by atoms with Crippen molar-refractivity contribution in [2.24, 2.45) is 0 Å². The van der Waals surface area contributed by atoms with Crippen LogP contribution in [0.15, 0.2) is 18.2 Å². The lowest BCUT2D eigenvalue weighted by molar-refractivity contribution is -0.115. The summed E-state index contributed by atoms with van der Waals surface area (Å²) in [7, 11) is 0. The van der Waals surface area contributed by atoms with E-state index in [1.165, 1.54) is 36.8 Å². The Hall–Kier alpha value is -1.35. The Kier molecular flexibility index (Phi) is 3.56. The van der Waals surface area contributed by atoms with E-state index in [0.717, 1.165) is 24.8 Å². The summed E-state index contributed by atoms with van der Waals surface area (Å²) in [5, 5.41) is 2.95. The summed E-state index contributed by atoms with van der Waals surface area (Å²) in [6.45, 7) is 4.02. The standard InChI is InChI=1S/C16H22N2O/c1-2-16(19)17-14-8-7-12-10-18(11-13(12)9-14)15-5-3-4-6-15/h7-9,15H,2-6,10-11H2,1H3,(H,17,19). The van der Waals surface area contributed by atoms with Gasteiger partial charge in [-0.1, -0.05) is 25.8 Å². The Morgan fingerprint density at radius 3 is 2.74 bits per heavy atom. The third-order valence-corrected chi connectivity index (χ3v) is 4.40. The maximum Gasteiger partial charge on any atom is 0.224 e. The van der Waals surface area contributed by atoms with E-state index in [1.54, 1.807) is 0 Å². The van der Waals surface area contributed by atoms with E-state index < -0.39 is 0 Å². The van der Waals surface area contributed by atoms with Gasteiger partial charge < -0.3 is 5.32 Å². The molecule has 1 aromatic carbocycles. The number of anilines is 1. The Labute approximate surface area is 115 Å². The molecular formula is C16H22N2O. The summed E-state index contributed by atoms with van der Waals surface area (Å²) in [4.78, 5) is 14.0. The van der Waals surface area contributed by atoms with Crippen LogP contribution in [0.25, 0.3) is 0 Å². The van der Waals surface area contributed by atoms with Crippen LogP contribution in [0.4, 0.5) is 5.69 Å². The van der Waals surface area contributed by atoms with Gasteiger partial charge in [0.2, 0.25) is 5.91 Å². The molecule has 0 unspecified atom stereocenters.